The number of rotatable bonds is 3. The maximum Gasteiger partial charge on any atom is 0.318 e. The van der Waals surface area contributed by atoms with Crippen molar-refractivity contribution in [2.24, 2.45) is 0 Å². The Kier molecular flexibility index (Phi) is 5.07. The van der Waals surface area contributed by atoms with Gasteiger partial charge >= 0.3 is 6.01 Å². The highest BCUT2D eigenvalue weighted by Crippen LogP contribution is 2.26. The van der Waals surface area contributed by atoms with Crippen molar-refractivity contribution in [3.8, 4) is 17.3 Å². The van der Waals surface area contributed by atoms with Gasteiger partial charge < -0.3 is 19.2 Å². The number of nitrogens with one attached hydrogen (secondary N) is 1. The first-order chi connectivity index (χ1) is 15.6. The number of nitrogens with zero attached hydrogens (tertiary/aromatic N) is 5. The largest absolute Gasteiger partial charge is 0.408 e. The van der Waals surface area contributed by atoms with Gasteiger partial charge in [-0.15, -0.1) is 5.10 Å². The molecule has 1 N–H and O–H groups in total. The molecule has 0 radical (unpaired) electrons. The van der Waals surface area contributed by atoms with Gasteiger partial charge in [-0.3, -0.25) is 4.79 Å². The minimum absolute atomic E-state index is 0.192. The summed E-state index contributed by atoms with van der Waals surface area (Å²) in [6, 6.07) is 18.0. The molecule has 2 aromatic heterocycles. The third kappa shape index (κ3) is 3.69. The van der Waals surface area contributed by atoms with Crippen LogP contribution in [0.5, 0.6) is 0 Å². The predicted octanol–water partition coefficient (Wildman–Crippen LogP) is 3.47. The molecule has 8 heteroatoms. The van der Waals surface area contributed by atoms with Gasteiger partial charge in [-0.05, 0) is 42.3 Å². The Bertz CT molecular complexity index is 1370. The van der Waals surface area contributed by atoms with Crippen LogP contribution in [0.2, 0.25) is 0 Å². The van der Waals surface area contributed by atoms with Crippen molar-refractivity contribution in [2.75, 3.05) is 36.0 Å². The van der Waals surface area contributed by atoms with E-state index >= 15 is 0 Å². The minimum atomic E-state index is -0.192. The smallest absolute Gasteiger partial charge is 0.318 e. The van der Waals surface area contributed by atoms with Gasteiger partial charge in [-0.25, -0.2) is 0 Å². The molecule has 0 spiro atoms. The number of benzene rings is 2. The van der Waals surface area contributed by atoms with Gasteiger partial charge in [-0.2, -0.15) is 5.26 Å². The van der Waals surface area contributed by atoms with E-state index in [2.05, 4.69) is 43.2 Å². The highest BCUT2D eigenvalue weighted by molar-refractivity contribution is 5.89. The number of hydrogen-bond acceptors (Lipinski definition) is 7. The Labute approximate surface area is 184 Å². The van der Waals surface area contributed by atoms with Crippen molar-refractivity contribution in [2.45, 2.75) is 13.3 Å². The molecule has 32 heavy (non-hydrogen) atoms. The van der Waals surface area contributed by atoms with Crippen molar-refractivity contribution in [3.05, 3.63) is 70.3 Å². The topological polar surface area (TPSA) is 102 Å². The number of aryl methyl sites for hydroxylation is 1. The van der Waals surface area contributed by atoms with Crippen LogP contribution in [0.1, 0.15) is 17.9 Å². The summed E-state index contributed by atoms with van der Waals surface area (Å²) in [7, 11) is 0. The molecule has 1 aliphatic rings. The number of aromatic amines is 1. The Morgan fingerprint density at radius 1 is 1.00 bits per heavy atom. The quantitative estimate of drug-likeness (QED) is 0.535. The molecule has 0 unspecified atom stereocenters. The Balaban J connectivity index is 1.38. The van der Waals surface area contributed by atoms with Crippen LogP contribution in [0.3, 0.4) is 0 Å². The third-order valence-corrected chi connectivity index (χ3v) is 5.83. The standard InChI is InChI=1S/C24H22N6O2/c1-16-27-28-24(32-16)30-11-3-10-29(12-13-30)19-8-6-17(7-9-19)22-14-21-18(15-25)4-2-5-20(21)23(31)26-22/h2,4-9,14H,3,10-13H2,1H3,(H,26,31). The SMILES string of the molecule is Cc1nnc(N2CCCN(c3ccc(-c4cc5c(C#N)cccc5c(=O)[nH]4)cc3)CC2)o1. The summed E-state index contributed by atoms with van der Waals surface area (Å²) < 4.78 is 5.58. The van der Waals surface area contributed by atoms with Crippen LogP contribution < -0.4 is 15.4 Å². The van der Waals surface area contributed by atoms with E-state index < -0.39 is 0 Å². The fourth-order valence-corrected chi connectivity index (χ4v) is 4.17. The molecule has 1 aliphatic heterocycles. The lowest BCUT2D eigenvalue weighted by Gasteiger charge is -2.23. The molecule has 0 saturated carbocycles. The predicted molar refractivity (Wildman–Crippen MR) is 123 cm³/mol. The summed E-state index contributed by atoms with van der Waals surface area (Å²) in [6.45, 7) is 5.25. The lowest BCUT2D eigenvalue weighted by molar-refractivity contribution is 0.505. The number of H-pyrrole nitrogens is 1. The van der Waals surface area contributed by atoms with Gasteiger partial charge in [0.05, 0.1) is 11.6 Å². The second-order valence-electron chi connectivity index (χ2n) is 7.87. The van der Waals surface area contributed by atoms with Crippen molar-refractivity contribution < 1.29 is 4.42 Å². The Morgan fingerprint density at radius 2 is 1.78 bits per heavy atom. The van der Waals surface area contributed by atoms with E-state index in [1.165, 1.54) is 0 Å². The fourth-order valence-electron chi connectivity index (χ4n) is 4.17. The van der Waals surface area contributed by atoms with Crippen molar-refractivity contribution in [3.63, 3.8) is 0 Å². The van der Waals surface area contributed by atoms with Crippen molar-refractivity contribution in [1.29, 1.82) is 5.26 Å². The molecule has 2 aromatic carbocycles. The van der Waals surface area contributed by atoms with Gasteiger partial charge in [0.2, 0.25) is 5.89 Å². The first kappa shape index (κ1) is 19.8. The highest BCUT2D eigenvalue weighted by atomic mass is 16.4. The summed E-state index contributed by atoms with van der Waals surface area (Å²) in [5.41, 5.74) is 3.03. The maximum atomic E-state index is 12.5. The van der Waals surface area contributed by atoms with Crippen LogP contribution in [0.15, 0.2) is 57.7 Å². The van der Waals surface area contributed by atoms with Crippen molar-refractivity contribution >= 4 is 22.5 Å². The number of fused-ring (bicyclic) bond motifs is 1. The van der Waals surface area contributed by atoms with Crippen LogP contribution in [0.25, 0.3) is 22.0 Å². The molecule has 8 nitrogen and oxygen atoms in total. The molecule has 1 saturated heterocycles. The highest BCUT2D eigenvalue weighted by Gasteiger charge is 2.19. The van der Waals surface area contributed by atoms with E-state index in [1.807, 2.05) is 18.2 Å². The van der Waals surface area contributed by atoms with Gasteiger partial charge in [0, 0.05) is 55.3 Å². The molecule has 3 heterocycles. The van der Waals surface area contributed by atoms with Gasteiger partial charge in [-0.1, -0.05) is 23.3 Å². The van der Waals surface area contributed by atoms with Crippen molar-refractivity contribution in [1.82, 2.24) is 15.2 Å². The number of anilines is 2. The van der Waals surface area contributed by atoms with E-state index in [-0.39, 0.29) is 5.56 Å². The fraction of sp³-hybridized carbons (Fsp3) is 0.250. The zero-order valence-corrected chi connectivity index (χ0v) is 17.7. The summed E-state index contributed by atoms with van der Waals surface area (Å²) in [4.78, 5) is 20.0. The normalized spacial score (nSPS) is 14.4. The van der Waals surface area contributed by atoms with E-state index in [1.54, 1.807) is 25.1 Å². The maximum absolute atomic E-state index is 12.5. The summed E-state index contributed by atoms with van der Waals surface area (Å²) >= 11 is 0. The summed E-state index contributed by atoms with van der Waals surface area (Å²) in [5, 5.41) is 18.7. The van der Waals surface area contributed by atoms with Crippen LogP contribution in [0, 0.1) is 18.3 Å². The van der Waals surface area contributed by atoms with Crippen LogP contribution in [-0.2, 0) is 0 Å². The van der Waals surface area contributed by atoms with Gasteiger partial charge in [0.15, 0.2) is 0 Å². The van der Waals surface area contributed by atoms with Crippen LogP contribution >= 0.6 is 0 Å². The first-order valence-corrected chi connectivity index (χ1v) is 10.6. The van der Waals surface area contributed by atoms with Crippen LogP contribution in [-0.4, -0.2) is 41.4 Å². The Hall–Kier alpha value is -4.12. The van der Waals surface area contributed by atoms with Gasteiger partial charge in [0.1, 0.15) is 0 Å². The molecule has 1 fully saturated rings. The van der Waals surface area contributed by atoms with E-state index in [4.69, 9.17) is 4.42 Å². The molecular formula is C24H22N6O2. The van der Waals surface area contributed by atoms with E-state index in [0.717, 1.165) is 43.9 Å². The van der Waals surface area contributed by atoms with Gasteiger partial charge in [0.25, 0.3) is 5.56 Å². The van der Waals surface area contributed by atoms with Crippen LogP contribution in [0.4, 0.5) is 11.7 Å². The third-order valence-electron chi connectivity index (χ3n) is 5.83. The van der Waals surface area contributed by atoms with E-state index in [9.17, 15) is 10.1 Å². The molecule has 0 bridgehead atoms. The molecule has 160 valence electrons. The number of hydrogen-bond donors (Lipinski definition) is 1. The average molecular weight is 426 g/mol. The molecule has 4 aromatic rings. The number of pyridine rings is 1. The molecule has 0 aliphatic carbocycles. The lowest BCUT2D eigenvalue weighted by Crippen LogP contribution is -2.30. The Morgan fingerprint density at radius 3 is 2.53 bits per heavy atom. The lowest BCUT2D eigenvalue weighted by atomic mass is 10.0. The average Bonchev–Trinajstić information content (AvgIpc) is 3.10. The summed E-state index contributed by atoms with van der Waals surface area (Å²) in [6.07, 6.45) is 0.984. The zero-order valence-electron chi connectivity index (χ0n) is 17.7. The second kappa shape index (κ2) is 8.19. The molecule has 0 atom stereocenters. The minimum Gasteiger partial charge on any atom is -0.408 e. The molecular weight excluding hydrogens is 404 g/mol. The first-order valence-electron chi connectivity index (χ1n) is 10.6. The summed E-state index contributed by atoms with van der Waals surface area (Å²) in [5.74, 6) is 0.574. The monoisotopic (exact) mass is 426 g/mol. The molecule has 5 rings (SSSR count). The number of aromatic nitrogens is 3. The van der Waals surface area contributed by atoms with E-state index in [0.29, 0.717) is 33.9 Å². The second-order valence-corrected chi connectivity index (χ2v) is 7.87. The number of nitriles is 1. The zero-order chi connectivity index (χ0) is 22.1. The molecule has 0 amide bonds.